The molecule has 27 heavy (non-hydrogen) atoms. The Kier molecular flexibility index (Phi) is 4.00. The first-order valence-electron chi connectivity index (χ1n) is 8.39. The average Bonchev–Trinajstić information content (AvgIpc) is 2.67. The van der Waals surface area contributed by atoms with Gasteiger partial charge in [-0.2, -0.15) is 0 Å². The first-order valence-corrected chi connectivity index (χ1v) is 9.83. The first-order chi connectivity index (χ1) is 12.9. The molecule has 3 aromatic rings. The number of carboxylic acid groups (broad SMARTS) is 1. The minimum atomic E-state index is -3.88. The number of hydrogen-bond donors (Lipinski definition) is 2. The van der Waals surface area contributed by atoms with Gasteiger partial charge in [0.1, 0.15) is 5.56 Å². The van der Waals surface area contributed by atoms with Crippen molar-refractivity contribution in [3.05, 3.63) is 70.0 Å². The van der Waals surface area contributed by atoms with Crippen molar-refractivity contribution >= 4 is 32.6 Å². The Morgan fingerprint density at radius 1 is 1.15 bits per heavy atom. The molecule has 2 aromatic carbocycles. The van der Waals surface area contributed by atoms with Crippen LogP contribution in [0.15, 0.2) is 58.4 Å². The Labute approximate surface area is 154 Å². The standard InChI is InChI=1S/C19H16N2O5S/c22-18-14-10-13(7-8-16(14)20-11-15(18)19(23)24)27(25,26)21-9-3-5-12-4-1-2-6-17(12)21/h1-2,4,6-8,10-11H,3,5,9H2,(H,20,22)(H,23,24). The fraction of sp³-hybridized carbons (Fsp3) is 0.158. The van der Waals surface area contributed by atoms with E-state index < -0.39 is 27.0 Å². The number of H-pyrrole nitrogens is 1. The van der Waals surface area contributed by atoms with Crippen LogP contribution in [0.3, 0.4) is 0 Å². The molecule has 2 heterocycles. The Bertz CT molecular complexity index is 1230. The SMILES string of the molecule is O=C(O)c1c[nH]c2ccc(S(=O)(=O)N3CCCc4ccccc43)cc2c1=O. The first kappa shape index (κ1) is 17.3. The van der Waals surface area contributed by atoms with Crippen LogP contribution in [0, 0.1) is 0 Å². The maximum atomic E-state index is 13.2. The van der Waals surface area contributed by atoms with Gasteiger partial charge in [0, 0.05) is 23.6 Å². The van der Waals surface area contributed by atoms with Crippen LogP contribution >= 0.6 is 0 Å². The van der Waals surface area contributed by atoms with Crippen molar-refractivity contribution in [1.82, 2.24) is 4.98 Å². The highest BCUT2D eigenvalue weighted by Crippen LogP contribution is 2.32. The molecule has 0 fully saturated rings. The van der Waals surface area contributed by atoms with Crippen LogP contribution in [0.1, 0.15) is 22.3 Å². The summed E-state index contributed by atoms with van der Waals surface area (Å²) in [6.45, 7) is 0.350. The second-order valence-corrected chi connectivity index (χ2v) is 8.22. The number of sulfonamides is 1. The number of nitrogens with zero attached hydrogens (tertiary/aromatic N) is 1. The summed E-state index contributed by atoms with van der Waals surface area (Å²) in [5.74, 6) is -1.36. The number of fused-ring (bicyclic) bond motifs is 2. The number of hydrogen-bond acceptors (Lipinski definition) is 4. The van der Waals surface area contributed by atoms with Gasteiger partial charge >= 0.3 is 5.97 Å². The normalized spacial score (nSPS) is 14.1. The molecule has 1 aliphatic rings. The number of nitrogens with one attached hydrogen (secondary N) is 1. The van der Waals surface area contributed by atoms with Gasteiger partial charge in [-0.25, -0.2) is 13.2 Å². The second kappa shape index (κ2) is 6.24. The van der Waals surface area contributed by atoms with E-state index in [0.29, 0.717) is 24.2 Å². The number of aryl methyl sites for hydroxylation is 1. The highest BCUT2D eigenvalue weighted by Gasteiger charge is 2.29. The van der Waals surface area contributed by atoms with E-state index in [-0.39, 0.29) is 10.3 Å². The van der Waals surface area contributed by atoms with Crippen molar-refractivity contribution < 1.29 is 18.3 Å². The van der Waals surface area contributed by atoms with Gasteiger partial charge in [0.2, 0.25) is 5.43 Å². The Morgan fingerprint density at radius 2 is 1.93 bits per heavy atom. The third kappa shape index (κ3) is 2.78. The van der Waals surface area contributed by atoms with Crippen LogP contribution in [-0.4, -0.2) is 31.0 Å². The molecule has 1 aromatic heterocycles. The number of aromatic carboxylic acids is 1. The zero-order chi connectivity index (χ0) is 19.2. The molecule has 138 valence electrons. The molecule has 0 unspecified atom stereocenters. The second-order valence-electron chi connectivity index (χ2n) is 6.35. The van der Waals surface area contributed by atoms with Crippen LogP contribution in [0.25, 0.3) is 10.9 Å². The van der Waals surface area contributed by atoms with Crippen LogP contribution in [0.2, 0.25) is 0 Å². The Morgan fingerprint density at radius 3 is 2.70 bits per heavy atom. The van der Waals surface area contributed by atoms with Gasteiger partial charge < -0.3 is 10.1 Å². The number of carbonyl (C=O) groups is 1. The lowest BCUT2D eigenvalue weighted by Crippen LogP contribution is -2.35. The van der Waals surface area contributed by atoms with E-state index in [9.17, 15) is 18.0 Å². The van der Waals surface area contributed by atoms with Gasteiger partial charge in [-0.1, -0.05) is 18.2 Å². The number of carboxylic acids is 1. The quantitative estimate of drug-likeness (QED) is 0.721. The lowest BCUT2D eigenvalue weighted by atomic mass is 10.0. The topological polar surface area (TPSA) is 108 Å². The van der Waals surface area contributed by atoms with E-state index in [2.05, 4.69) is 4.98 Å². The molecule has 0 aliphatic carbocycles. The molecule has 0 atom stereocenters. The zero-order valence-corrected chi connectivity index (χ0v) is 15.0. The molecule has 7 nitrogen and oxygen atoms in total. The van der Waals surface area contributed by atoms with Crippen molar-refractivity contribution in [3.63, 3.8) is 0 Å². The molecule has 8 heteroatoms. The molecule has 0 radical (unpaired) electrons. The van der Waals surface area contributed by atoms with Crippen LogP contribution in [0.5, 0.6) is 0 Å². The Balaban J connectivity index is 1.88. The summed E-state index contributed by atoms with van der Waals surface area (Å²) >= 11 is 0. The zero-order valence-electron chi connectivity index (χ0n) is 14.2. The predicted octanol–water partition coefficient (Wildman–Crippen LogP) is 2.37. The molecule has 4 rings (SSSR count). The number of anilines is 1. The lowest BCUT2D eigenvalue weighted by Gasteiger charge is -2.30. The van der Waals surface area contributed by atoms with E-state index in [1.165, 1.54) is 22.5 Å². The highest BCUT2D eigenvalue weighted by atomic mass is 32.2. The summed E-state index contributed by atoms with van der Waals surface area (Å²) in [4.78, 5) is 26.3. The van der Waals surface area contributed by atoms with E-state index in [1.807, 2.05) is 12.1 Å². The number of benzene rings is 2. The van der Waals surface area contributed by atoms with Crippen molar-refractivity contribution in [1.29, 1.82) is 0 Å². The van der Waals surface area contributed by atoms with Gasteiger partial charge in [-0.05, 0) is 42.7 Å². The largest absolute Gasteiger partial charge is 0.477 e. The monoisotopic (exact) mass is 384 g/mol. The predicted molar refractivity (Wildman–Crippen MR) is 101 cm³/mol. The fourth-order valence-electron chi connectivity index (χ4n) is 3.39. The van der Waals surface area contributed by atoms with E-state index in [0.717, 1.165) is 18.2 Å². The Hall–Kier alpha value is -3.13. The summed E-state index contributed by atoms with van der Waals surface area (Å²) in [7, 11) is -3.88. The minimum absolute atomic E-state index is 0.0290. The third-order valence-electron chi connectivity index (χ3n) is 4.74. The van der Waals surface area contributed by atoms with Gasteiger partial charge in [-0.15, -0.1) is 0 Å². The van der Waals surface area contributed by atoms with Crippen LogP contribution < -0.4 is 9.73 Å². The lowest BCUT2D eigenvalue weighted by molar-refractivity contribution is 0.0695. The number of rotatable bonds is 3. The number of aromatic amines is 1. The maximum Gasteiger partial charge on any atom is 0.341 e. The number of para-hydroxylation sites is 1. The van der Waals surface area contributed by atoms with Gasteiger partial charge in [0.05, 0.1) is 10.6 Å². The van der Waals surface area contributed by atoms with Crippen molar-refractivity contribution in [2.45, 2.75) is 17.7 Å². The number of aromatic nitrogens is 1. The maximum absolute atomic E-state index is 13.2. The molecule has 0 saturated heterocycles. The van der Waals surface area contributed by atoms with Gasteiger partial charge in [0.25, 0.3) is 10.0 Å². The molecule has 1 aliphatic heterocycles. The third-order valence-corrected chi connectivity index (χ3v) is 6.55. The van der Waals surface area contributed by atoms with Gasteiger partial charge in [-0.3, -0.25) is 9.10 Å². The van der Waals surface area contributed by atoms with E-state index >= 15 is 0 Å². The van der Waals surface area contributed by atoms with Gasteiger partial charge in [0.15, 0.2) is 0 Å². The van der Waals surface area contributed by atoms with Crippen molar-refractivity contribution in [3.8, 4) is 0 Å². The molecule has 0 spiro atoms. The summed E-state index contributed by atoms with van der Waals surface area (Å²) < 4.78 is 27.8. The smallest absolute Gasteiger partial charge is 0.341 e. The minimum Gasteiger partial charge on any atom is -0.477 e. The molecule has 0 amide bonds. The van der Waals surface area contributed by atoms with Crippen LogP contribution in [-0.2, 0) is 16.4 Å². The summed E-state index contributed by atoms with van der Waals surface area (Å²) in [5.41, 5.74) is 0.826. The molecule has 2 N–H and O–H groups in total. The van der Waals surface area contributed by atoms with E-state index in [1.54, 1.807) is 12.1 Å². The molecule has 0 bridgehead atoms. The van der Waals surface area contributed by atoms with Crippen molar-refractivity contribution in [2.24, 2.45) is 0 Å². The molecule has 0 saturated carbocycles. The average molecular weight is 384 g/mol. The van der Waals surface area contributed by atoms with Crippen LogP contribution in [0.4, 0.5) is 5.69 Å². The molecular weight excluding hydrogens is 368 g/mol. The summed E-state index contributed by atoms with van der Waals surface area (Å²) in [6, 6.07) is 11.5. The highest BCUT2D eigenvalue weighted by molar-refractivity contribution is 7.92. The number of pyridine rings is 1. The summed E-state index contributed by atoms with van der Waals surface area (Å²) in [5, 5.41) is 9.15. The summed E-state index contributed by atoms with van der Waals surface area (Å²) in [6.07, 6.45) is 2.62. The molecular formula is C19H16N2O5S. The fourth-order valence-corrected chi connectivity index (χ4v) is 4.96. The van der Waals surface area contributed by atoms with Crippen molar-refractivity contribution in [2.75, 3.05) is 10.8 Å². The van der Waals surface area contributed by atoms with E-state index in [4.69, 9.17) is 5.11 Å².